The van der Waals surface area contributed by atoms with Crippen LogP contribution in [-0.2, 0) is 15.7 Å². The van der Waals surface area contributed by atoms with Gasteiger partial charge in [0.1, 0.15) is 5.69 Å². The standard InChI is InChI=1S/C29H31F3N6O2/c1-20(21-8-5-4-6-9-21)34-28-33-13-12-25(35-28)24-19-26(38(14-16-39-2)15-17-40-3)36-37-27(24)22-10-7-11-23(18-22)29(30,31)32/h4-13,18-20H,14-17H2,1-3H3,(H,33,34,35)/t20-/m0/s1. The maximum absolute atomic E-state index is 13.5. The number of halogens is 3. The second kappa shape index (κ2) is 13.3. The summed E-state index contributed by atoms with van der Waals surface area (Å²) in [4.78, 5) is 11.0. The number of aromatic nitrogens is 4. The van der Waals surface area contributed by atoms with E-state index in [1.165, 1.54) is 6.07 Å². The van der Waals surface area contributed by atoms with Crippen molar-refractivity contribution in [3.8, 4) is 22.5 Å². The average Bonchev–Trinajstić information content (AvgIpc) is 2.97. The number of methoxy groups -OCH3 is 2. The summed E-state index contributed by atoms with van der Waals surface area (Å²) in [6.45, 7) is 3.91. The molecule has 0 saturated carbocycles. The lowest BCUT2D eigenvalue weighted by molar-refractivity contribution is -0.137. The van der Waals surface area contributed by atoms with Crippen LogP contribution in [0.1, 0.15) is 24.1 Å². The molecule has 0 saturated heterocycles. The van der Waals surface area contributed by atoms with Gasteiger partial charge in [-0.1, -0.05) is 42.5 Å². The minimum Gasteiger partial charge on any atom is -0.383 e. The van der Waals surface area contributed by atoms with Crippen molar-refractivity contribution in [3.05, 3.63) is 84.1 Å². The number of anilines is 2. The van der Waals surface area contributed by atoms with Crippen molar-refractivity contribution in [3.63, 3.8) is 0 Å². The van der Waals surface area contributed by atoms with Gasteiger partial charge >= 0.3 is 6.18 Å². The van der Waals surface area contributed by atoms with E-state index in [4.69, 9.17) is 14.5 Å². The van der Waals surface area contributed by atoms with Crippen molar-refractivity contribution in [2.24, 2.45) is 0 Å². The maximum atomic E-state index is 13.5. The highest BCUT2D eigenvalue weighted by molar-refractivity contribution is 5.81. The number of nitrogens with zero attached hydrogens (tertiary/aromatic N) is 5. The molecule has 0 spiro atoms. The first-order valence-electron chi connectivity index (χ1n) is 12.7. The fourth-order valence-corrected chi connectivity index (χ4v) is 4.13. The Morgan fingerprint density at radius 2 is 1.62 bits per heavy atom. The predicted molar refractivity (Wildman–Crippen MR) is 148 cm³/mol. The van der Waals surface area contributed by atoms with Crippen molar-refractivity contribution in [2.45, 2.75) is 19.1 Å². The normalized spacial score (nSPS) is 12.2. The van der Waals surface area contributed by atoms with Gasteiger partial charge in [-0.25, -0.2) is 9.97 Å². The van der Waals surface area contributed by atoms with E-state index >= 15 is 0 Å². The Bertz CT molecular complexity index is 1380. The van der Waals surface area contributed by atoms with Crippen LogP contribution < -0.4 is 10.2 Å². The molecule has 1 atom stereocenters. The number of nitrogens with one attached hydrogen (secondary N) is 1. The van der Waals surface area contributed by atoms with E-state index in [1.807, 2.05) is 42.2 Å². The van der Waals surface area contributed by atoms with Gasteiger partial charge in [-0.15, -0.1) is 10.2 Å². The summed E-state index contributed by atoms with van der Waals surface area (Å²) in [6.07, 6.45) is -2.90. The number of ether oxygens (including phenoxy) is 2. The lowest BCUT2D eigenvalue weighted by Gasteiger charge is -2.23. The Balaban J connectivity index is 1.79. The topological polar surface area (TPSA) is 85.3 Å². The summed E-state index contributed by atoms with van der Waals surface area (Å²) in [5.74, 6) is 0.892. The fourth-order valence-electron chi connectivity index (χ4n) is 4.13. The molecule has 0 bridgehead atoms. The summed E-state index contributed by atoms with van der Waals surface area (Å²) in [6, 6.07) is 18.3. The van der Waals surface area contributed by atoms with Gasteiger partial charge in [0.25, 0.3) is 0 Å². The highest BCUT2D eigenvalue weighted by Gasteiger charge is 2.31. The lowest BCUT2D eigenvalue weighted by atomic mass is 10.0. The molecule has 8 nitrogen and oxygen atoms in total. The summed E-state index contributed by atoms with van der Waals surface area (Å²) in [5.41, 5.74) is 1.83. The Kier molecular flexibility index (Phi) is 9.62. The number of rotatable bonds is 12. The van der Waals surface area contributed by atoms with E-state index in [2.05, 4.69) is 20.5 Å². The maximum Gasteiger partial charge on any atom is 0.416 e. The van der Waals surface area contributed by atoms with Crippen LogP contribution in [0.15, 0.2) is 72.9 Å². The highest BCUT2D eigenvalue weighted by Crippen LogP contribution is 2.36. The molecule has 210 valence electrons. The van der Waals surface area contributed by atoms with Crippen LogP contribution >= 0.6 is 0 Å². The molecule has 0 amide bonds. The number of alkyl halides is 3. The summed E-state index contributed by atoms with van der Waals surface area (Å²) >= 11 is 0. The van der Waals surface area contributed by atoms with E-state index in [0.29, 0.717) is 49.3 Å². The Hall–Kier alpha value is -4.09. The van der Waals surface area contributed by atoms with Gasteiger partial charge in [-0.3, -0.25) is 0 Å². The van der Waals surface area contributed by atoms with Crippen LogP contribution in [0.2, 0.25) is 0 Å². The van der Waals surface area contributed by atoms with Gasteiger partial charge in [0, 0.05) is 44.6 Å². The quantitative estimate of drug-likeness (QED) is 0.233. The van der Waals surface area contributed by atoms with Crippen molar-refractivity contribution in [1.29, 1.82) is 0 Å². The van der Waals surface area contributed by atoms with Gasteiger partial charge in [0.05, 0.1) is 30.5 Å². The zero-order chi connectivity index (χ0) is 28.5. The summed E-state index contributed by atoms with van der Waals surface area (Å²) in [7, 11) is 3.21. The minimum atomic E-state index is -4.50. The zero-order valence-corrected chi connectivity index (χ0v) is 22.5. The zero-order valence-electron chi connectivity index (χ0n) is 22.5. The predicted octanol–water partition coefficient (Wildman–Crippen LogP) is 5.89. The van der Waals surface area contributed by atoms with Crippen LogP contribution in [0.4, 0.5) is 24.9 Å². The first-order valence-corrected chi connectivity index (χ1v) is 12.7. The number of benzene rings is 2. The molecule has 4 aromatic rings. The third-order valence-electron chi connectivity index (χ3n) is 6.28. The Morgan fingerprint density at radius 1 is 0.900 bits per heavy atom. The molecule has 2 heterocycles. The van der Waals surface area contributed by atoms with Crippen molar-refractivity contribution < 1.29 is 22.6 Å². The van der Waals surface area contributed by atoms with Crippen LogP contribution in [-0.4, -0.2) is 60.7 Å². The van der Waals surface area contributed by atoms with Gasteiger partial charge < -0.3 is 19.7 Å². The van der Waals surface area contributed by atoms with E-state index in [1.54, 1.807) is 38.6 Å². The number of hydrogen-bond donors (Lipinski definition) is 1. The molecule has 0 fully saturated rings. The van der Waals surface area contributed by atoms with Gasteiger partial charge in [0.2, 0.25) is 5.95 Å². The van der Waals surface area contributed by atoms with Crippen molar-refractivity contribution in [1.82, 2.24) is 20.2 Å². The monoisotopic (exact) mass is 552 g/mol. The third-order valence-corrected chi connectivity index (χ3v) is 6.28. The van der Waals surface area contributed by atoms with Crippen LogP contribution in [0.25, 0.3) is 22.5 Å². The fraction of sp³-hybridized carbons (Fsp3) is 0.310. The molecule has 0 aliphatic rings. The highest BCUT2D eigenvalue weighted by atomic mass is 19.4. The molecule has 0 aliphatic heterocycles. The number of hydrogen-bond acceptors (Lipinski definition) is 8. The molecule has 40 heavy (non-hydrogen) atoms. The van der Waals surface area contributed by atoms with E-state index in [-0.39, 0.29) is 17.3 Å². The second-order valence-corrected chi connectivity index (χ2v) is 9.06. The summed E-state index contributed by atoms with van der Waals surface area (Å²) < 4.78 is 51.1. The Morgan fingerprint density at radius 3 is 2.30 bits per heavy atom. The molecular formula is C29H31F3N6O2. The van der Waals surface area contributed by atoms with Gasteiger partial charge in [0.15, 0.2) is 5.82 Å². The Labute approximate surface area is 231 Å². The summed E-state index contributed by atoms with van der Waals surface area (Å²) in [5, 5.41) is 12.1. The molecule has 0 unspecified atom stereocenters. The molecular weight excluding hydrogens is 521 g/mol. The van der Waals surface area contributed by atoms with E-state index in [0.717, 1.165) is 17.7 Å². The van der Waals surface area contributed by atoms with E-state index < -0.39 is 11.7 Å². The first kappa shape index (κ1) is 28.9. The molecule has 4 rings (SSSR count). The van der Waals surface area contributed by atoms with Crippen LogP contribution in [0.5, 0.6) is 0 Å². The van der Waals surface area contributed by atoms with Gasteiger partial charge in [-0.05, 0) is 36.8 Å². The molecule has 11 heteroatoms. The van der Waals surface area contributed by atoms with Crippen LogP contribution in [0.3, 0.4) is 0 Å². The van der Waals surface area contributed by atoms with Gasteiger partial charge in [-0.2, -0.15) is 13.2 Å². The first-order chi connectivity index (χ1) is 19.3. The second-order valence-electron chi connectivity index (χ2n) is 9.06. The average molecular weight is 553 g/mol. The van der Waals surface area contributed by atoms with Crippen LogP contribution in [0, 0.1) is 0 Å². The molecule has 2 aromatic carbocycles. The smallest absolute Gasteiger partial charge is 0.383 e. The third kappa shape index (κ3) is 7.30. The lowest BCUT2D eigenvalue weighted by Crippen LogP contribution is -2.31. The molecule has 0 radical (unpaired) electrons. The van der Waals surface area contributed by atoms with Crippen molar-refractivity contribution >= 4 is 11.8 Å². The van der Waals surface area contributed by atoms with E-state index in [9.17, 15) is 13.2 Å². The molecule has 0 aliphatic carbocycles. The van der Waals surface area contributed by atoms with Crippen molar-refractivity contribution in [2.75, 3.05) is 50.7 Å². The molecule has 2 aromatic heterocycles. The molecule has 1 N–H and O–H groups in total. The SMILES string of the molecule is COCCN(CCOC)c1cc(-c2ccnc(N[C@@H](C)c3ccccc3)n2)c(-c2cccc(C(F)(F)F)c2)nn1. The minimum absolute atomic E-state index is 0.0795. The largest absolute Gasteiger partial charge is 0.416 e.